The van der Waals surface area contributed by atoms with E-state index in [-0.39, 0.29) is 11.2 Å². The van der Waals surface area contributed by atoms with Crippen molar-refractivity contribution in [2.45, 2.75) is 17.9 Å². The van der Waals surface area contributed by atoms with E-state index < -0.39 is 0 Å². The lowest BCUT2D eigenvalue weighted by atomic mass is 10.2. The zero-order valence-corrected chi connectivity index (χ0v) is 14.9. The SMILES string of the molecule is COc1ccc(CSC(C)C(=O)Nc2ccccc2)cc1Br. The number of rotatable bonds is 6. The number of benzene rings is 2. The van der Waals surface area contributed by atoms with Crippen molar-refractivity contribution in [2.24, 2.45) is 0 Å². The number of hydrogen-bond donors (Lipinski definition) is 1. The Morgan fingerprint density at radius 1 is 1.27 bits per heavy atom. The molecule has 0 saturated carbocycles. The van der Waals surface area contributed by atoms with Crippen LogP contribution >= 0.6 is 27.7 Å². The Labute approximate surface area is 143 Å². The van der Waals surface area contributed by atoms with Gasteiger partial charge < -0.3 is 10.1 Å². The van der Waals surface area contributed by atoms with Crippen LogP contribution in [0.3, 0.4) is 0 Å². The fourth-order valence-corrected chi connectivity index (χ4v) is 3.28. The third kappa shape index (κ3) is 4.78. The molecule has 0 aromatic heterocycles. The van der Waals surface area contributed by atoms with Gasteiger partial charge in [-0.25, -0.2) is 0 Å². The van der Waals surface area contributed by atoms with Gasteiger partial charge in [0.15, 0.2) is 0 Å². The van der Waals surface area contributed by atoms with Crippen LogP contribution in [0.2, 0.25) is 0 Å². The van der Waals surface area contributed by atoms with Gasteiger partial charge in [-0.15, -0.1) is 11.8 Å². The first kappa shape index (κ1) is 16.9. The number of para-hydroxylation sites is 1. The number of ether oxygens (including phenoxy) is 1. The van der Waals surface area contributed by atoms with Crippen LogP contribution in [-0.4, -0.2) is 18.3 Å². The fourth-order valence-electron chi connectivity index (χ4n) is 1.86. The van der Waals surface area contributed by atoms with Gasteiger partial charge in [0.2, 0.25) is 5.91 Å². The van der Waals surface area contributed by atoms with Crippen LogP contribution in [0.5, 0.6) is 5.75 Å². The normalized spacial score (nSPS) is 11.8. The standard InChI is InChI=1S/C17H18BrNO2S/c1-12(17(20)19-14-6-4-3-5-7-14)22-11-13-8-9-16(21-2)15(18)10-13/h3-10,12H,11H2,1-2H3,(H,19,20). The van der Waals surface area contributed by atoms with E-state index in [4.69, 9.17) is 4.74 Å². The van der Waals surface area contributed by atoms with E-state index >= 15 is 0 Å². The van der Waals surface area contributed by atoms with Gasteiger partial charge in [0.1, 0.15) is 5.75 Å². The lowest BCUT2D eigenvalue weighted by molar-refractivity contribution is -0.115. The number of methoxy groups -OCH3 is 1. The Bertz CT molecular complexity index is 634. The van der Waals surface area contributed by atoms with Crippen molar-refractivity contribution in [1.82, 2.24) is 0 Å². The van der Waals surface area contributed by atoms with Gasteiger partial charge in [-0.2, -0.15) is 0 Å². The largest absolute Gasteiger partial charge is 0.496 e. The van der Waals surface area contributed by atoms with Crippen LogP contribution < -0.4 is 10.1 Å². The summed E-state index contributed by atoms with van der Waals surface area (Å²) in [7, 11) is 1.64. The predicted octanol–water partition coefficient (Wildman–Crippen LogP) is 4.72. The van der Waals surface area contributed by atoms with Crippen LogP contribution in [0.1, 0.15) is 12.5 Å². The summed E-state index contributed by atoms with van der Waals surface area (Å²) < 4.78 is 6.14. The highest BCUT2D eigenvalue weighted by Crippen LogP contribution is 2.28. The van der Waals surface area contributed by atoms with Crippen molar-refractivity contribution in [1.29, 1.82) is 0 Å². The number of amides is 1. The number of nitrogens with one attached hydrogen (secondary N) is 1. The monoisotopic (exact) mass is 379 g/mol. The van der Waals surface area contributed by atoms with Crippen LogP contribution in [0.4, 0.5) is 5.69 Å². The van der Waals surface area contributed by atoms with Gasteiger partial charge >= 0.3 is 0 Å². The van der Waals surface area contributed by atoms with Gasteiger partial charge in [0.05, 0.1) is 16.8 Å². The molecule has 0 saturated heterocycles. The first-order valence-corrected chi connectivity index (χ1v) is 8.74. The second-order valence-corrected chi connectivity index (χ2v) is 6.96. The summed E-state index contributed by atoms with van der Waals surface area (Å²) in [6.07, 6.45) is 0. The molecule has 1 atom stereocenters. The van der Waals surface area contributed by atoms with Gasteiger partial charge in [-0.3, -0.25) is 4.79 Å². The zero-order valence-electron chi connectivity index (χ0n) is 12.5. The van der Waals surface area contributed by atoms with Crippen molar-refractivity contribution in [3.8, 4) is 5.75 Å². The van der Waals surface area contributed by atoms with Crippen LogP contribution in [-0.2, 0) is 10.5 Å². The Hall–Kier alpha value is -1.46. The van der Waals surface area contributed by atoms with Gasteiger partial charge in [0, 0.05) is 11.4 Å². The van der Waals surface area contributed by atoms with E-state index in [1.165, 1.54) is 0 Å². The predicted molar refractivity (Wildman–Crippen MR) is 96.5 cm³/mol. The Morgan fingerprint density at radius 2 is 2.00 bits per heavy atom. The highest BCUT2D eigenvalue weighted by Gasteiger charge is 2.14. The molecule has 0 bridgehead atoms. The number of thioether (sulfide) groups is 1. The highest BCUT2D eigenvalue weighted by atomic mass is 79.9. The molecule has 22 heavy (non-hydrogen) atoms. The molecular weight excluding hydrogens is 362 g/mol. The lowest BCUT2D eigenvalue weighted by Crippen LogP contribution is -2.22. The second-order valence-electron chi connectivity index (χ2n) is 4.78. The van der Waals surface area contributed by atoms with Crippen LogP contribution in [0.25, 0.3) is 0 Å². The smallest absolute Gasteiger partial charge is 0.237 e. The highest BCUT2D eigenvalue weighted by molar-refractivity contribution is 9.10. The second kappa shape index (κ2) is 8.25. The van der Waals surface area contributed by atoms with Crippen molar-refractivity contribution < 1.29 is 9.53 Å². The van der Waals surface area contributed by atoms with E-state index in [0.29, 0.717) is 0 Å². The summed E-state index contributed by atoms with van der Waals surface area (Å²) >= 11 is 5.08. The molecule has 2 rings (SSSR count). The van der Waals surface area contributed by atoms with Crippen LogP contribution in [0, 0.1) is 0 Å². The van der Waals surface area contributed by atoms with E-state index in [9.17, 15) is 4.79 Å². The molecule has 2 aromatic carbocycles. The summed E-state index contributed by atoms with van der Waals surface area (Å²) in [6, 6.07) is 15.5. The zero-order chi connectivity index (χ0) is 15.9. The van der Waals surface area contributed by atoms with Crippen molar-refractivity contribution in [3.05, 3.63) is 58.6 Å². The third-order valence-corrected chi connectivity index (χ3v) is 4.96. The minimum Gasteiger partial charge on any atom is -0.496 e. The van der Waals surface area contributed by atoms with E-state index in [1.54, 1.807) is 18.9 Å². The van der Waals surface area contributed by atoms with Crippen molar-refractivity contribution >= 4 is 39.3 Å². The lowest BCUT2D eigenvalue weighted by Gasteiger charge is -2.12. The minimum atomic E-state index is -0.124. The summed E-state index contributed by atoms with van der Waals surface area (Å²) in [5, 5.41) is 2.79. The molecule has 0 fully saturated rings. The summed E-state index contributed by atoms with van der Waals surface area (Å²) in [5.41, 5.74) is 1.98. The molecule has 1 amide bonds. The Balaban J connectivity index is 1.88. The molecule has 0 aliphatic rings. The number of halogens is 1. The molecule has 2 aromatic rings. The maximum absolute atomic E-state index is 12.1. The van der Waals surface area contributed by atoms with E-state index in [0.717, 1.165) is 27.2 Å². The quantitative estimate of drug-likeness (QED) is 0.788. The average molecular weight is 380 g/mol. The summed E-state index contributed by atoms with van der Waals surface area (Å²) in [4.78, 5) is 12.1. The number of hydrogen-bond acceptors (Lipinski definition) is 3. The molecule has 5 heteroatoms. The Kier molecular flexibility index (Phi) is 6.34. The topological polar surface area (TPSA) is 38.3 Å². The van der Waals surface area contributed by atoms with Crippen molar-refractivity contribution in [2.75, 3.05) is 12.4 Å². The first-order valence-electron chi connectivity index (χ1n) is 6.90. The maximum Gasteiger partial charge on any atom is 0.237 e. The molecule has 116 valence electrons. The maximum atomic E-state index is 12.1. The molecular formula is C17H18BrNO2S. The molecule has 1 unspecified atom stereocenters. The van der Waals surface area contributed by atoms with E-state index in [1.807, 2.05) is 55.5 Å². The molecule has 0 radical (unpaired) electrons. The first-order chi connectivity index (χ1) is 10.6. The molecule has 3 nitrogen and oxygen atoms in total. The molecule has 0 aliphatic heterocycles. The van der Waals surface area contributed by atoms with Gasteiger partial charge in [0.25, 0.3) is 0 Å². The molecule has 1 N–H and O–H groups in total. The van der Waals surface area contributed by atoms with Gasteiger partial charge in [-0.05, 0) is 52.7 Å². The average Bonchev–Trinajstić information content (AvgIpc) is 2.53. The van der Waals surface area contributed by atoms with Gasteiger partial charge in [-0.1, -0.05) is 24.3 Å². The molecule has 0 spiro atoms. The third-order valence-electron chi connectivity index (χ3n) is 3.13. The summed E-state index contributed by atoms with van der Waals surface area (Å²) in [6.45, 7) is 1.92. The van der Waals surface area contributed by atoms with Crippen LogP contribution in [0.15, 0.2) is 53.0 Å². The fraction of sp³-hybridized carbons (Fsp3) is 0.235. The Morgan fingerprint density at radius 3 is 2.64 bits per heavy atom. The number of carbonyl (C=O) groups is 1. The molecule has 0 aliphatic carbocycles. The molecule has 0 heterocycles. The van der Waals surface area contributed by atoms with Crippen molar-refractivity contribution in [3.63, 3.8) is 0 Å². The number of anilines is 1. The summed E-state index contributed by atoms with van der Waals surface area (Å²) in [5.74, 6) is 1.60. The minimum absolute atomic E-state index is 0.0174. The van der Waals surface area contributed by atoms with E-state index in [2.05, 4.69) is 21.2 Å². The number of carbonyl (C=O) groups excluding carboxylic acids is 1.